The Balaban J connectivity index is 3.55. The van der Waals surface area contributed by atoms with Gasteiger partial charge in [0.25, 0.3) is 5.69 Å². The van der Waals surface area contributed by atoms with Crippen molar-refractivity contribution < 1.29 is 4.92 Å². The Bertz CT molecular complexity index is 447. The maximum Gasteiger partial charge on any atom is 0.275 e. The van der Waals surface area contributed by atoms with Crippen molar-refractivity contribution in [2.75, 3.05) is 0 Å². The van der Waals surface area contributed by atoms with E-state index >= 15 is 0 Å². The van der Waals surface area contributed by atoms with E-state index in [0.717, 1.165) is 0 Å². The number of hydrogen-bond acceptors (Lipinski definition) is 4. The van der Waals surface area contributed by atoms with E-state index in [-0.39, 0.29) is 16.8 Å². The smallest absolute Gasteiger partial charge is 0.258 e. The molecule has 0 aliphatic rings. The van der Waals surface area contributed by atoms with Gasteiger partial charge in [0.2, 0.25) is 0 Å². The molecule has 0 saturated carbocycles. The van der Waals surface area contributed by atoms with Crippen molar-refractivity contribution in [1.82, 2.24) is 0 Å². The van der Waals surface area contributed by atoms with Gasteiger partial charge >= 0.3 is 0 Å². The first-order valence-electron chi connectivity index (χ1n) is 4.90. The van der Waals surface area contributed by atoms with Crippen LogP contribution in [-0.4, -0.2) is 4.92 Å². The van der Waals surface area contributed by atoms with Crippen molar-refractivity contribution in [2.45, 2.75) is 33.1 Å². The predicted molar refractivity (Wildman–Crippen MR) is 62.0 cm³/mol. The summed E-state index contributed by atoms with van der Waals surface area (Å²) in [7, 11) is 0. The van der Waals surface area contributed by atoms with Crippen LogP contribution in [0.25, 0.3) is 0 Å². The highest BCUT2D eigenvalue weighted by molar-refractivity contribution is 5.58. The Morgan fingerprint density at radius 1 is 1.31 bits per heavy atom. The van der Waals surface area contributed by atoms with Crippen molar-refractivity contribution in [3.8, 4) is 0 Å². The van der Waals surface area contributed by atoms with Crippen LogP contribution < -0.4 is 0 Å². The molecule has 16 heavy (non-hydrogen) atoms. The van der Waals surface area contributed by atoms with E-state index in [9.17, 15) is 15.0 Å². The molecular weight excluding hydrogens is 208 g/mol. The molecule has 0 saturated heterocycles. The summed E-state index contributed by atoms with van der Waals surface area (Å²) in [5.74, 6) is 0. The lowest BCUT2D eigenvalue weighted by Gasteiger charge is -2.19. The summed E-state index contributed by atoms with van der Waals surface area (Å²) in [6.45, 7) is 7.39. The van der Waals surface area contributed by atoms with Gasteiger partial charge in [-0.15, -0.1) is 4.91 Å². The summed E-state index contributed by atoms with van der Waals surface area (Å²) < 4.78 is 0. The molecule has 1 aromatic carbocycles. The average Bonchev–Trinajstić information content (AvgIpc) is 2.15. The molecule has 0 heterocycles. The normalized spacial score (nSPS) is 11.2. The van der Waals surface area contributed by atoms with Gasteiger partial charge in [-0.2, -0.15) is 0 Å². The molecule has 5 heteroatoms. The van der Waals surface area contributed by atoms with Gasteiger partial charge in [-0.05, 0) is 29.1 Å². The highest BCUT2D eigenvalue weighted by Gasteiger charge is 2.26. The summed E-state index contributed by atoms with van der Waals surface area (Å²) in [5, 5.41) is 13.7. The number of nitroso groups, excluding NO2 is 1. The number of nitro groups is 1. The number of hydrogen-bond donors (Lipinski definition) is 0. The Hall–Kier alpha value is -1.78. The lowest BCUT2D eigenvalue weighted by molar-refractivity contribution is -0.385. The van der Waals surface area contributed by atoms with Crippen LogP contribution in [0.2, 0.25) is 0 Å². The lowest BCUT2D eigenvalue weighted by Crippen LogP contribution is -2.14. The van der Waals surface area contributed by atoms with Crippen molar-refractivity contribution in [3.63, 3.8) is 0 Å². The first kappa shape index (κ1) is 12.3. The van der Waals surface area contributed by atoms with Gasteiger partial charge in [-0.1, -0.05) is 20.8 Å². The molecule has 0 N–H and O–H groups in total. The largest absolute Gasteiger partial charge is 0.275 e. The number of aryl methyl sites for hydroxylation is 1. The first-order chi connectivity index (χ1) is 7.27. The molecule has 1 rings (SSSR count). The molecule has 0 fully saturated rings. The maximum atomic E-state index is 10.9. The Labute approximate surface area is 93.6 Å². The van der Waals surface area contributed by atoms with Crippen LogP contribution in [0.1, 0.15) is 31.9 Å². The standard InChI is InChI=1S/C11H14N2O3/c1-7-5-8(11(2,3)4)10(13(15)16)6-9(7)12-14/h5-6H,1-4H3. The highest BCUT2D eigenvalue weighted by atomic mass is 16.6. The van der Waals surface area contributed by atoms with Crippen LogP contribution in [0, 0.1) is 21.9 Å². The number of benzene rings is 1. The average molecular weight is 222 g/mol. The first-order valence-corrected chi connectivity index (χ1v) is 4.90. The zero-order valence-electron chi connectivity index (χ0n) is 9.77. The summed E-state index contributed by atoms with van der Waals surface area (Å²) >= 11 is 0. The number of nitrogens with zero attached hydrogens (tertiary/aromatic N) is 2. The predicted octanol–water partition coefficient (Wildman–Crippen LogP) is 3.60. The molecule has 0 unspecified atom stereocenters. The molecule has 86 valence electrons. The van der Waals surface area contributed by atoms with Crippen molar-refractivity contribution in [3.05, 3.63) is 38.3 Å². The van der Waals surface area contributed by atoms with E-state index in [1.165, 1.54) is 6.07 Å². The maximum absolute atomic E-state index is 10.9. The molecule has 0 atom stereocenters. The zero-order valence-corrected chi connectivity index (χ0v) is 9.77. The minimum atomic E-state index is -0.477. The van der Waals surface area contributed by atoms with Gasteiger partial charge in [0.1, 0.15) is 5.69 Å². The fourth-order valence-electron chi connectivity index (χ4n) is 1.54. The molecule has 0 aromatic heterocycles. The third-order valence-electron chi connectivity index (χ3n) is 2.42. The van der Waals surface area contributed by atoms with E-state index in [1.54, 1.807) is 13.0 Å². The summed E-state index contributed by atoms with van der Waals surface area (Å²) in [5.41, 5.74) is 1.01. The third kappa shape index (κ3) is 2.24. The Morgan fingerprint density at radius 2 is 1.88 bits per heavy atom. The second kappa shape index (κ2) is 4.00. The molecule has 1 aromatic rings. The van der Waals surface area contributed by atoms with Crippen LogP contribution in [0.4, 0.5) is 11.4 Å². The van der Waals surface area contributed by atoms with Gasteiger partial charge in [0, 0.05) is 11.6 Å². The molecular formula is C11H14N2O3. The number of rotatable bonds is 2. The van der Waals surface area contributed by atoms with Crippen molar-refractivity contribution in [2.24, 2.45) is 5.18 Å². The fourth-order valence-corrected chi connectivity index (χ4v) is 1.54. The van der Waals surface area contributed by atoms with Gasteiger partial charge < -0.3 is 0 Å². The van der Waals surface area contributed by atoms with Gasteiger partial charge in [-0.25, -0.2) is 0 Å². The van der Waals surface area contributed by atoms with E-state index in [1.807, 2.05) is 20.8 Å². The second-order valence-corrected chi connectivity index (χ2v) is 4.75. The second-order valence-electron chi connectivity index (χ2n) is 4.75. The highest BCUT2D eigenvalue weighted by Crippen LogP contribution is 2.36. The quantitative estimate of drug-likeness (QED) is 0.436. The van der Waals surface area contributed by atoms with Gasteiger partial charge in [0.05, 0.1) is 4.92 Å². The Morgan fingerprint density at radius 3 is 2.25 bits per heavy atom. The van der Waals surface area contributed by atoms with E-state index in [0.29, 0.717) is 11.1 Å². The van der Waals surface area contributed by atoms with Gasteiger partial charge in [-0.3, -0.25) is 10.1 Å². The fraction of sp³-hybridized carbons (Fsp3) is 0.455. The zero-order chi connectivity index (χ0) is 12.5. The van der Waals surface area contributed by atoms with E-state index in [4.69, 9.17) is 0 Å². The Kier molecular flexibility index (Phi) is 3.07. The molecule has 0 amide bonds. The van der Waals surface area contributed by atoms with Crippen LogP contribution in [-0.2, 0) is 5.41 Å². The molecule has 0 aliphatic heterocycles. The SMILES string of the molecule is Cc1cc(C(C)(C)C)c([N+](=O)[O-])cc1N=O. The van der Waals surface area contributed by atoms with E-state index < -0.39 is 4.92 Å². The lowest BCUT2D eigenvalue weighted by atomic mass is 9.84. The summed E-state index contributed by atoms with van der Waals surface area (Å²) in [6.07, 6.45) is 0. The minimum Gasteiger partial charge on any atom is -0.258 e. The molecule has 0 bridgehead atoms. The van der Waals surface area contributed by atoms with Crippen LogP contribution in [0.15, 0.2) is 17.3 Å². The van der Waals surface area contributed by atoms with E-state index in [2.05, 4.69) is 5.18 Å². The topological polar surface area (TPSA) is 72.6 Å². The third-order valence-corrected chi connectivity index (χ3v) is 2.42. The van der Waals surface area contributed by atoms with Gasteiger partial charge in [0.15, 0.2) is 0 Å². The van der Waals surface area contributed by atoms with Crippen molar-refractivity contribution in [1.29, 1.82) is 0 Å². The molecule has 5 nitrogen and oxygen atoms in total. The van der Waals surface area contributed by atoms with Crippen LogP contribution in [0.5, 0.6) is 0 Å². The molecule has 0 aliphatic carbocycles. The minimum absolute atomic E-state index is 0.0484. The monoisotopic (exact) mass is 222 g/mol. The van der Waals surface area contributed by atoms with Crippen LogP contribution in [0.3, 0.4) is 0 Å². The summed E-state index contributed by atoms with van der Waals surface area (Å²) in [4.78, 5) is 20.9. The number of nitro benzene ring substituents is 1. The van der Waals surface area contributed by atoms with Crippen molar-refractivity contribution >= 4 is 11.4 Å². The van der Waals surface area contributed by atoms with Crippen LogP contribution >= 0.6 is 0 Å². The molecule has 0 radical (unpaired) electrons. The summed E-state index contributed by atoms with van der Waals surface area (Å²) in [6, 6.07) is 2.90. The molecule has 0 spiro atoms.